The van der Waals surface area contributed by atoms with E-state index in [2.05, 4.69) is 21.6 Å². The normalized spacial score (nSPS) is 14.5. The molecule has 1 amide bonds. The zero-order valence-electron chi connectivity index (χ0n) is 19.8. The second-order valence-electron chi connectivity index (χ2n) is 8.61. The third-order valence-electron chi connectivity index (χ3n) is 6.25. The summed E-state index contributed by atoms with van der Waals surface area (Å²) < 4.78 is 6.37. The maximum Gasteiger partial charge on any atom is 0.223 e. The third-order valence-corrected chi connectivity index (χ3v) is 7.37. The third kappa shape index (κ3) is 3.94. The first-order valence-electron chi connectivity index (χ1n) is 11.7. The monoisotopic (exact) mass is 500 g/mol. The minimum absolute atomic E-state index is 0.146. The Balaban J connectivity index is 1.70. The Morgan fingerprint density at radius 2 is 1.54 bits per heavy atom. The van der Waals surface area contributed by atoms with Crippen molar-refractivity contribution < 1.29 is 9.53 Å². The Kier molecular flexibility index (Phi) is 5.72. The summed E-state index contributed by atoms with van der Waals surface area (Å²) in [6, 6.07) is 32.0. The van der Waals surface area contributed by atoms with Crippen LogP contribution in [0.3, 0.4) is 0 Å². The fourth-order valence-corrected chi connectivity index (χ4v) is 5.90. The molecule has 178 valence electrons. The van der Waals surface area contributed by atoms with Gasteiger partial charge in [-0.25, -0.2) is 0 Å². The molecule has 1 N–H and O–H groups in total. The van der Waals surface area contributed by atoms with Crippen molar-refractivity contribution in [3.8, 4) is 34.2 Å². The highest BCUT2D eigenvalue weighted by molar-refractivity contribution is 7.19. The predicted octanol–water partition coefficient (Wildman–Crippen LogP) is 6.42. The highest BCUT2D eigenvalue weighted by Gasteiger charge is 2.37. The molecule has 6 nitrogen and oxygen atoms in total. The van der Waals surface area contributed by atoms with Crippen molar-refractivity contribution in [2.45, 2.75) is 12.8 Å². The van der Waals surface area contributed by atoms with E-state index in [4.69, 9.17) is 4.74 Å². The zero-order valence-corrected chi connectivity index (χ0v) is 20.6. The summed E-state index contributed by atoms with van der Waals surface area (Å²) >= 11 is 1.46. The Hall–Kier alpha value is -4.80. The number of aromatic nitrogens is 2. The van der Waals surface area contributed by atoms with E-state index in [0.29, 0.717) is 16.2 Å². The van der Waals surface area contributed by atoms with Crippen LogP contribution in [0.1, 0.15) is 23.3 Å². The number of hydrogen-bond acceptors (Lipinski definition) is 6. The number of carbonyl (C=O) groups is 1. The maximum atomic E-state index is 12.1. The van der Waals surface area contributed by atoms with Crippen molar-refractivity contribution in [2.75, 3.05) is 0 Å². The number of benzene rings is 3. The van der Waals surface area contributed by atoms with Gasteiger partial charge in [0.1, 0.15) is 17.3 Å². The zero-order chi connectivity index (χ0) is 25.4. The topological polar surface area (TPSA) is 87.9 Å². The molecule has 0 spiro atoms. The Morgan fingerprint density at radius 1 is 0.919 bits per heavy atom. The molecule has 2 aromatic heterocycles. The number of amides is 1. The quantitative estimate of drug-likeness (QED) is 0.308. The van der Waals surface area contributed by atoms with Gasteiger partial charge in [-0.1, -0.05) is 91.0 Å². The Bertz CT molecular complexity index is 1710. The van der Waals surface area contributed by atoms with Crippen LogP contribution >= 0.6 is 11.3 Å². The van der Waals surface area contributed by atoms with Gasteiger partial charge in [0, 0.05) is 18.1 Å². The van der Waals surface area contributed by atoms with E-state index >= 15 is 0 Å². The maximum absolute atomic E-state index is 12.1. The Morgan fingerprint density at radius 3 is 2.16 bits per heavy atom. The summed E-state index contributed by atoms with van der Waals surface area (Å²) in [5.41, 5.74) is 4.80. The first-order chi connectivity index (χ1) is 18.2. The number of hydrogen-bond donors (Lipinski definition) is 1. The second kappa shape index (κ2) is 9.34. The molecule has 3 heterocycles. The molecule has 0 radical (unpaired) electrons. The molecule has 0 fully saturated rings. The summed E-state index contributed by atoms with van der Waals surface area (Å²) in [5.74, 6) is 0.000991. The molecule has 0 bridgehead atoms. The molecule has 1 aliphatic rings. The lowest BCUT2D eigenvalue weighted by atomic mass is 9.87. The van der Waals surface area contributed by atoms with Crippen LogP contribution in [0.15, 0.2) is 102 Å². The number of thiophene rings is 1. The lowest BCUT2D eigenvalue weighted by molar-refractivity contribution is -0.118. The molecule has 0 aliphatic carbocycles. The summed E-state index contributed by atoms with van der Waals surface area (Å²) in [4.78, 5) is 13.7. The van der Waals surface area contributed by atoms with Crippen molar-refractivity contribution in [1.29, 1.82) is 5.26 Å². The molecule has 5 aromatic rings. The van der Waals surface area contributed by atoms with Crippen LogP contribution in [0.25, 0.3) is 32.6 Å². The SMILES string of the molecule is CC(=O)NC1=C(C#N)C(c2ccccc2)c2sc3nnc(-c4ccccc4)c(-c4ccccc4)c3c2O1. The van der Waals surface area contributed by atoms with Crippen LogP contribution in [0.5, 0.6) is 5.75 Å². The molecular formula is C30H20N4O2S. The smallest absolute Gasteiger partial charge is 0.223 e. The molecule has 37 heavy (non-hydrogen) atoms. The largest absolute Gasteiger partial charge is 0.438 e. The van der Waals surface area contributed by atoms with Gasteiger partial charge in [0.2, 0.25) is 11.8 Å². The summed E-state index contributed by atoms with van der Waals surface area (Å²) in [6.45, 7) is 1.40. The molecule has 1 unspecified atom stereocenters. The molecule has 0 saturated carbocycles. The second-order valence-corrected chi connectivity index (χ2v) is 9.64. The number of nitrogens with zero attached hydrogens (tertiary/aromatic N) is 3. The van der Waals surface area contributed by atoms with E-state index in [-0.39, 0.29) is 11.8 Å². The number of rotatable bonds is 4. The van der Waals surface area contributed by atoms with Gasteiger partial charge in [0.25, 0.3) is 0 Å². The van der Waals surface area contributed by atoms with Crippen molar-refractivity contribution in [1.82, 2.24) is 15.5 Å². The Labute approximate surface area is 217 Å². The molecule has 1 atom stereocenters. The van der Waals surface area contributed by atoms with E-state index < -0.39 is 5.92 Å². The fraction of sp³-hybridized carbons (Fsp3) is 0.0667. The number of allylic oxidation sites excluding steroid dienone is 1. The predicted molar refractivity (Wildman–Crippen MR) is 144 cm³/mol. The van der Waals surface area contributed by atoms with E-state index in [1.807, 2.05) is 91.0 Å². The van der Waals surface area contributed by atoms with Crippen molar-refractivity contribution >= 4 is 27.5 Å². The van der Waals surface area contributed by atoms with Crippen LogP contribution < -0.4 is 10.1 Å². The van der Waals surface area contributed by atoms with Crippen molar-refractivity contribution in [3.05, 3.63) is 113 Å². The van der Waals surface area contributed by atoms with E-state index in [1.54, 1.807) is 0 Å². The molecule has 1 aliphatic heterocycles. The molecule has 7 heteroatoms. The highest BCUT2D eigenvalue weighted by Crippen LogP contribution is 2.53. The van der Waals surface area contributed by atoms with Gasteiger partial charge in [-0.3, -0.25) is 10.1 Å². The van der Waals surface area contributed by atoms with Crippen LogP contribution in [0.4, 0.5) is 0 Å². The molecule has 3 aromatic carbocycles. The average molecular weight is 501 g/mol. The number of nitrogens with one attached hydrogen (secondary N) is 1. The summed E-state index contributed by atoms with van der Waals surface area (Å²) in [7, 11) is 0. The lowest BCUT2D eigenvalue weighted by Gasteiger charge is -2.26. The van der Waals surface area contributed by atoms with Crippen LogP contribution in [0.2, 0.25) is 0 Å². The van der Waals surface area contributed by atoms with Crippen LogP contribution in [0, 0.1) is 11.3 Å². The van der Waals surface area contributed by atoms with E-state index in [1.165, 1.54) is 18.3 Å². The van der Waals surface area contributed by atoms with Gasteiger partial charge in [0.15, 0.2) is 10.6 Å². The summed E-state index contributed by atoms with van der Waals surface area (Å²) in [5, 5.41) is 23.0. The fourth-order valence-electron chi connectivity index (χ4n) is 4.70. The van der Waals surface area contributed by atoms with E-state index in [0.717, 1.165) is 38.2 Å². The van der Waals surface area contributed by atoms with Gasteiger partial charge in [-0.2, -0.15) is 5.26 Å². The van der Waals surface area contributed by atoms with Crippen molar-refractivity contribution in [2.24, 2.45) is 0 Å². The standard InChI is InChI=1S/C30H20N4O2S/c1-18(35)32-29-22(17-31)23(19-11-5-2-6-12-19)28-27(36-29)25-24(20-13-7-3-8-14-20)26(33-34-30(25)37-28)21-15-9-4-10-16-21/h2-16,23H,1H3,(H,32,35). The minimum atomic E-state index is -0.417. The molecule has 6 rings (SSSR count). The number of fused-ring (bicyclic) bond motifs is 3. The van der Waals surface area contributed by atoms with Gasteiger partial charge in [-0.05, 0) is 11.1 Å². The first kappa shape index (κ1) is 22.7. The van der Waals surface area contributed by atoms with Crippen molar-refractivity contribution in [3.63, 3.8) is 0 Å². The lowest BCUT2D eigenvalue weighted by Crippen LogP contribution is -2.28. The first-order valence-corrected chi connectivity index (χ1v) is 12.6. The van der Waals surface area contributed by atoms with Gasteiger partial charge in [0.05, 0.1) is 16.2 Å². The number of carbonyl (C=O) groups excluding carboxylic acids is 1. The van der Waals surface area contributed by atoms with Gasteiger partial charge >= 0.3 is 0 Å². The molecule has 0 saturated heterocycles. The van der Waals surface area contributed by atoms with Crippen LogP contribution in [-0.4, -0.2) is 16.1 Å². The summed E-state index contributed by atoms with van der Waals surface area (Å²) in [6.07, 6.45) is 0. The number of nitriles is 1. The van der Waals surface area contributed by atoms with Gasteiger partial charge < -0.3 is 4.74 Å². The molecular weight excluding hydrogens is 480 g/mol. The van der Waals surface area contributed by atoms with Crippen LogP contribution in [-0.2, 0) is 4.79 Å². The highest BCUT2D eigenvalue weighted by atomic mass is 32.1. The number of ether oxygens (including phenoxy) is 1. The minimum Gasteiger partial charge on any atom is -0.438 e. The average Bonchev–Trinajstić information content (AvgIpc) is 3.31. The van der Waals surface area contributed by atoms with Gasteiger partial charge in [-0.15, -0.1) is 21.5 Å². The van der Waals surface area contributed by atoms with E-state index in [9.17, 15) is 10.1 Å².